The van der Waals surface area contributed by atoms with E-state index < -0.39 is 0 Å². The van der Waals surface area contributed by atoms with Crippen molar-refractivity contribution in [2.75, 3.05) is 32.1 Å². The van der Waals surface area contributed by atoms with E-state index in [0.717, 1.165) is 36.1 Å². The van der Waals surface area contributed by atoms with Gasteiger partial charge in [0, 0.05) is 61.4 Å². The van der Waals surface area contributed by atoms with Gasteiger partial charge in [-0.05, 0) is 44.7 Å². The molecular formula is C24H27N7O2. The third kappa shape index (κ3) is 3.54. The first-order valence-electron chi connectivity index (χ1n) is 11.0. The lowest BCUT2D eigenvalue weighted by molar-refractivity contribution is 0.0960. The summed E-state index contributed by atoms with van der Waals surface area (Å²) in [6.07, 6.45) is 2.95. The topological polar surface area (TPSA) is 108 Å². The number of benzene rings is 2. The zero-order valence-electron chi connectivity index (χ0n) is 19.2. The van der Waals surface area contributed by atoms with Crippen molar-refractivity contribution in [1.29, 1.82) is 0 Å². The predicted octanol–water partition coefficient (Wildman–Crippen LogP) is 2.36. The molecule has 3 N–H and O–H groups in total. The van der Waals surface area contributed by atoms with Crippen LogP contribution in [-0.2, 0) is 7.05 Å². The minimum atomic E-state index is -0.297. The average Bonchev–Trinajstić information content (AvgIpc) is 3.46. The van der Waals surface area contributed by atoms with E-state index in [4.69, 9.17) is 4.98 Å². The van der Waals surface area contributed by atoms with Crippen LogP contribution in [0.4, 0.5) is 5.69 Å². The first kappa shape index (κ1) is 21.1. The summed E-state index contributed by atoms with van der Waals surface area (Å²) in [6, 6.07) is 8.20. The van der Waals surface area contributed by atoms with Crippen LogP contribution in [0.2, 0.25) is 0 Å². The van der Waals surface area contributed by atoms with Crippen molar-refractivity contribution in [2.24, 2.45) is 7.05 Å². The van der Waals surface area contributed by atoms with Crippen LogP contribution in [-0.4, -0.2) is 64.0 Å². The second-order valence-corrected chi connectivity index (χ2v) is 8.54. The van der Waals surface area contributed by atoms with Crippen LogP contribution in [0.25, 0.3) is 33.2 Å². The number of carbonyl (C=O) groups is 1. The van der Waals surface area contributed by atoms with Gasteiger partial charge >= 0.3 is 0 Å². The molecule has 9 heteroatoms. The van der Waals surface area contributed by atoms with Crippen LogP contribution in [0.1, 0.15) is 22.5 Å². The molecule has 0 spiro atoms. The molecule has 1 atom stereocenters. The average molecular weight is 446 g/mol. The fourth-order valence-electron chi connectivity index (χ4n) is 4.57. The number of hydrogen-bond acceptors (Lipinski definition) is 7. The van der Waals surface area contributed by atoms with Crippen molar-refractivity contribution in [2.45, 2.75) is 19.4 Å². The minimum absolute atomic E-state index is 0.0650. The lowest BCUT2D eigenvalue weighted by Crippen LogP contribution is -2.29. The standard InChI is InChI=1S/C24H27N7O2/c1-13-20-14(11-30(4)29-20)9-18(22(13)32)23-27-19-6-5-16(31-8-7-15(12-31)25-2)10-17(19)21(28-23)24(33)26-3/h5-6,9-11,15,25,32H,7-8,12H2,1-4H3,(H,26,33). The number of amides is 1. The molecule has 3 heterocycles. The Hall–Kier alpha value is -3.72. The van der Waals surface area contributed by atoms with E-state index >= 15 is 0 Å². The fraction of sp³-hybridized carbons (Fsp3) is 0.333. The van der Waals surface area contributed by atoms with Crippen LogP contribution in [0.5, 0.6) is 5.75 Å². The molecule has 1 aliphatic rings. The molecule has 1 unspecified atom stereocenters. The quantitative estimate of drug-likeness (QED) is 0.443. The largest absolute Gasteiger partial charge is 0.507 e. The smallest absolute Gasteiger partial charge is 0.270 e. The molecule has 0 bridgehead atoms. The predicted molar refractivity (Wildman–Crippen MR) is 129 cm³/mol. The number of phenols is 1. The maximum atomic E-state index is 12.8. The number of phenolic OH excluding ortho intramolecular Hbond substituents is 1. The van der Waals surface area contributed by atoms with Crippen LogP contribution >= 0.6 is 0 Å². The molecule has 0 aliphatic carbocycles. The van der Waals surface area contributed by atoms with E-state index in [1.807, 2.05) is 51.5 Å². The van der Waals surface area contributed by atoms with Gasteiger partial charge in [0.15, 0.2) is 5.82 Å². The van der Waals surface area contributed by atoms with E-state index in [0.29, 0.717) is 33.9 Å². The van der Waals surface area contributed by atoms with Crippen LogP contribution in [0.15, 0.2) is 30.5 Å². The minimum Gasteiger partial charge on any atom is -0.507 e. The van der Waals surface area contributed by atoms with Crippen LogP contribution in [0.3, 0.4) is 0 Å². The number of rotatable bonds is 4. The normalized spacial score (nSPS) is 16.1. The molecular weight excluding hydrogens is 418 g/mol. The number of aryl methyl sites for hydroxylation is 2. The van der Waals surface area contributed by atoms with Crippen LogP contribution < -0.4 is 15.5 Å². The van der Waals surface area contributed by atoms with Gasteiger partial charge in [-0.3, -0.25) is 9.48 Å². The summed E-state index contributed by atoms with van der Waals surface area (Å²) < 4.78 is 1.70. The van der Waals surface area contributed by atoms with Crippen molar-refractivity contribution < 1.29 is 9.90 Å². The highest BCUT2D eigenvalue weighted by Gasteiger charge is 2.24. The Labute approximate surface area is 191 Å². The summed E-state index contributed by atoms with van der Waals surface area (Å²) in [6.45, 7) is 3.67. The summed E-state index contributed by atoms with van der Waals surface area (Å²) in [7, 11) is 5.40. The summed E-state index contributed by atoms with van der Waals surface area (Å²) in [5, 5.41) is 22.9. The summed E-state index contributed by atoms with van der Waals surface area (Å²) in [5.74, 6) is 0.0702. The lowest BCUT2D eigenvalue weighted by Gasteiger charge is -2.19. The van der Waals surface area contributed by atoms with Gasteiger partial charge in [0.05, 0.1) is 16.6 Å². The third-order valence-electron chi connectivity index (χ3n) is 6.45. The Morgan fingerprint density at radius 1 is 1.21 bits per heavy atom. The molecule has 1 amide bonds. The Balaban J connectivity index is 1.67. The SMILES string of the molecule is CNC(=O)c1nc(-c2cc3cn(C)nc3c(C)c2O)nc2ccc(N3CCC(NC)C3)cc12. The molecule has 9 nitrogen and oxygen atoms in total. The first-order chi connectivity index (χ1) is 15.9. The van der Waals surface area contributed by atoms with Gasteiger partial charge in [-0.1, -0.05) is 0 Å². The van der Waals surface area contributed by atoms with Crippen molar-refractivity contribution in [3.63, 3.8) is 0 Å². The number of carbonyl (C=O) groups excluding carboxylic acids is 1. The number of fused-ring (bicyclic) bond motifs is 2. The summed E-state index contributed by atoms with van der Waals surface area (Å²) >= 11 is 0. The number of likely N-dealkylation sites (N-methyl/N-ethyl adjacent to an activating group) is 1. The highest BCUT2D eigenvalue weighted by molar-refractivity contribution is 6.06. The second kappa shape index (κ2) is 8.00. The molecule has 0 saturated carbocycles. The molecule has 2 aromatic carbocycles. The molecule has 1 saturated heterocycles. The highest BCUT2D eigenvalue weighted by atomic mass is 16.3. The molecule has 0 radical (unpaired) electrons. The maximum absolute atomic E-state index is 12.8. The molecule has 1 fully saturated rings. The Kier molecular flexibility index (Phi) is 5.13. The third-order valence-corrected chi connectivity index (χ3v) is 6.45. The van der Waals surface area contributed by atoms with Crippen LogP contribution in [0, 0.1) is 6.92 Å². The van der Waals surface area contributed by atoms with Gasteiger partial charge in [-0.15, -0.1) is 0 Å². The van der Waals surface area contributed by atoms with Gasteiger partial charge in [-0.25, -0.2) is 9.97 Å². The van der Waals surface area contributed by atoms with E-state index in [1.165, 1.54) is 0 Å². The number of aromatic nitrogens is 4. The van der Waals surface area contributed by atoms with Gasteiger partial charge in [-0.2, -0.15) is 5.10 Å². The Bertz CT molecular complexity index is 1400. The van der Waals surface area contributed by atoms with Gasteiger partial charge < -0.3 is 20.6 Å². The van der Waals surface area contributed by atoms with Crippen molar-refractivity contribution >= 4 is 33.4 Å². The monoisotopic (exact) mass is 445 g/mol. The number of aromatic hydroxyl groups is 1. The zero-order chi connectivity index (χ0) is 23.3. The van der Waals surface area contributed by atoms with Gasteiger partial charge in [0.2, 0.25) is 0 Å². The van der Waals surface area contributed by atoms with E-state index in [1.54, 1.807) is 11.7 Å². The maximum Gasteiger partial charge on any atom is 0.270 e. The van der Waals surface area contributed by atoms with Crippen molar-refractivity contribution in [3.8, 4) is 17.1 Å². The van der Waals surface area contributed by atoms with Gasteiger partial charge in [0.25, 0.3) is 5.91 Å². The number of hydrogen-bond donors (Lipinski definition) is 3. The number of nitrogens with one attached hydrogen (secondary N) is 2. The molecule has 170 valence electrons. The molecule has 2 aromatic heterocycles. The fourth-order valence-corrected chi connectivity index (χ4v) is 4.57. The van der Waals surface area contributed by atoms with E-state index in [2.05, 4.69) is 25.6 Å². The van der Waals surface area contributed by atoms with E-state index in [-0.39, 0.29) is 17.4 Å². The van der Waals surface area contributed by atoms with Crippen molar-refractivity contribution in [1.82, 2.24) is 30.4 Å². The number of nitrogens with zero attached hydrogens (tertiary/aromatic N) is 5. The van der Waals surface area contributed by atoms with E-state index in [9.17, 15) is 9.90 Å². The zero-order valence-corrected chi connectivity index (χ0v) is 19.2. The second-order valence-electron chi connectivity index (χ2n) is 8.54. The summed E-state index contributed by atoms with van der Waals surface area (Å²) in [4.78, 5) is 24.5. The first-order valence-corrected chi connectivity index (χ1v) is 11.0. The molecule has 1 aliphatic heterocycles. The molecule has 33 heavy (non-hydrogen) atoms. The Morgan fingerprint density at radius 2 is 2.03 bits per heavy atom. The van der Waals surface area contributed by atoms with Crippen molar-refractivity contribution in [3.05, 3.63) is 41.7 Å². The molecule has 4 aromatic rings. The summed E-state index contributed by atoms with van der Waals surface area (Å²) in [5.41, 5.74) is 3.82. The number of anilines is 1. The van der Waals surface area contributed by atoms with Gasteiger partial charge in [0.1, 0.15) is 11.4 Å². The lowest BCUT2D eigenvalue weighted by atomic mass is 10.0. The Morgan fingerprint density at radius 3 is 2.76 bits per heavy atom. The highest BCUT2D eigenvalue weighted by Crippen LogP contribution is 2.36. The molecule has 5 rings (SSSR count).